The lowest BCUT2D eigenvalue weighted by Crippen LogP contribution is -2.36. The van der Waals surface area contributed by atoms with Gasteiger partial charge in [-0.05, 0) is 62.8 Å². The van der Waals surface area contributed by atoms with Crippen LogP contribution in [0, 0.1) is 34.5 Å². The zero-order valence-corrected chi connectivity index (χ0v) is 19.4. The number of carbonyl (C=O) groups is 2. The number of carbonyl (C=O) groups excluding carboxylic acids is 1. The molecule has 3 rings (SSSR count). The lowest BCUT2D eigenvalue weighted by molar-refractivity contribution is -0.146. The van der Waals surface area contributed by atoms with Crippen LogP contribution in [0.15, 0.2) is 11.1 Å². The maximum absolute atomic E-state index is 13.1. The summed E-state index contributed by atoms with van der Waals surface area (Å²) >= 11 is 1.51. The van der Waals surface area contributed by atoms with Gasteiger partial charge in [0.25, 0.3) is 0 Å². The zero-order valence-electron chi connectivity index (χ0n) is 18.6. The lowest BCUT2D eigenvalue weighted by atomic mass is 9.69. The Hall–Kier alpha value is -2.13. The third-order valence-electron chi connectivity index (χ3n) is 7.55. The van der Waals surface area contributed by atoms with Crippen molar-refractivity contribution in [1.29, 1.82) is 5.26 Å². The summed E-state index contributed by atoms with van der Waals surface area (Å²) in [4.78, 5) is 26.0. The van der Waals surface area contributed by atoms with Gasteiger partial charge >= 0.3 is 5.97 Å². The molecule has 1 heterocycles. The topological polar surface area (TPSA) is 90.2 Å². The molecule has 0 fully saturated rings. The maximum atomic E-state index is 13.1. The molecule has 2 N–H and O–H groups in total. The molecule has 0 saturated heterocycles. The Labute approximate surface area is 183 Å². The molecule has 2 aliphatic carbocycles. The highest BCUT2D eigenvalue weighted by Gasteiger charge is 2.38. The van der Waals surface area contributed by atoms with Gasteiger partial charge in [0, 0.05) is 4.88 Å². The standard InChI is InChI=1S/C24H32N2O3S/c1-6-24(4,5)15-7-8-16-19(12-25)22(30-20(16)11-15)26-21(27)17-9-13(2)14(3)10-18(17)23(28)29/h15,17-18H,6-11H2,1-5H3,(H,26,27)(H,28,29)/t15-,17+,18-/m0/s1. The first-order chi connectivity index (χ1) is 14.1. The van der Waals surface area contributed by atoms with E-state index in [9.17, 15) is 20.0 Å². The van der Waals surface area contributed by atoms with Gasteiger partial charge in [0.05, 0.1) is 17.4 Å². The number of fused-ring (bicyclic) bond motifs is 1. The van der Waals surface area contributed by atoms with Crippen molar-refractivity contribution in [3.05, 3.63) is 27.2 Å². The van der Waals surface area contributed by atoms with E-state index in [1.807, 2.05) is 13.8 Å². The monoisotopic (exact) mass is 428 g/mol. The van der Waals surface area contributed by atoms with E-state index < -0.39 is 17.8 Å². The number of hydrogen-bond acceptors (Lipinski definition) is 4. The largest absolute Gasteiger partial charge is 0.481 e. The number of nitrogens with one attached hydrogen (secondary N) is 1. The molecule has 1 amide bonds. The summed E-state index contributed by atoms with van der Waals surface area (Å²) in [6.45, 7) is 10.7. The van der Waals surface area contributed by atoms with Crippen LogP contribution in [0.4, 0.5) is 5.00 Å². The molecule has 6 heteroatoms. The molecule has 1 aromatic heterocycles. The summed E-state index contributed by atoms with van der Waals surface area (Å²) in [5.41, 5.74) is 4.04. The van der Waals surface area contributed by atoms with E-state index >= 15 is 0 Å². The van der Waals surface area contributed by atoms with Crippen molar-refractivity contribution in [2.75, 3.05) is 5.32 Å². The number of amides is 1. The second-order valence-corrected chi connectivity index (χ2v) is 10.7. The molecule has 0 aromatic carbocycles. The molecule has 0 unspecified atom stereocenters. The maximum Gasteiger partial charge on any atom is 0.307 e. The fourth-order valence-corrected chi connectivity index (χ4v) is 6.06. The van der Waals surface area contributed by atoms with Gasteiger partial charge in [0.2, 0.25) is 5.91 Å². The van der Waals surface area contributed by atoms with Crippen LogP contribution < -0.4 is 5.32 Å². The van der Waals surface area contributed by atoms with E-state index in [0.717, 1.165) is 42.4 Å². The Bertz CT molecular complexity index is 935. The average Bonchev–Trinajstić information content (AvgIpc) is 3.05. The van der Waals surface area contributed by atoms with Gasteiger partial charge in [0.15, 0.2) is 0 Å². The van der Waals surface area contributed by atoms with Crippen molar-refractivity contribution >= 4 is 28.2 Å². The summed E-state index contributed by atoms with van der Waals surface area (Å²) in [6, 6.07) is 2.30. The van der Waals surface area contributed by atoms with Crippen molar-refractivity contribution in [2.45, 2.75) is 73.1 Å². The lowest BCUT2D eigenvalue weighted by Gasteiger charge is -2.36. The number of aliphatic carboxylic acids is 1. The highest BCUT2D eigenvalue weighted by atomic mass is 32.1. The average molecular weight is 429 g/mol. The van der Waals surface area contributed by atoms with Crippen LogP contribution >= 0.6 is 11.3 Å². The predicted octanol–water partition coefficient (Wildman–Crippen LogP) is 5.55. The molecule has 3 atom stereocenters. The Morgan fingerprint density at radius 3 is 2.40 bits per heavy atom. The molecule has 162 valence electrons. The quantitative estimate of drug-likeness (QED) is 0.602. The number of nitriles is 1. The van der Waals surface area contributed by atoms with E-state index in [4.69, 9.17) is 0 Å². The van der Waals surface area contributed by atoms with Gasteiger partial charge in [-0.25, -0.2) is 0 Å². The minimum absolute atomic E-state index is 0.246. The number of carboxylic acid groups (broad SMARTS) is 1. The number of anilines is 1. The molecule has 0 saturated carbocycles. The summed E-state index contributed by atoms with van der Waals surface area (Å²) in [6.07, 6.45) is 4.82. The Kier molecular flexibility index (Phi) is 6.43. The molecule has 0 bridgehead atoms. The number of thiophene rings is 1. The predicted molar refractivity (Wildman–Crippen MR) is 119 cm³/mol. The molecule has 0 radical (unpaired) electrons. The normalized spacial score (nSPS) is 24.2. The molecule has 1 aromatic rings. The Morgan fingerprint density at radius 2 is 1.83 bits per heavy atom. The van der Waals surface area contributed by atoms with Crippen LogP contribution in [-0.4, -0.2) is 17.0 Å². The number of hydrogen-bond donors (Lipinski definition) is 2. The van der Waals surface area contributed by atoms with Gasteiger partial charge < -0.3 is 10.4 Å². The first-order valence-corrected chi connectivity index (χ1v) is 11.6. The van der Waals surface area contributed by atoms with Crippen LogP contribution in [0.3, 0.4) is 0 Å². The minimum Gasteiger partial charge on any atom is -0.481 e. The Balaban J connectivity index is 1.85. The van der Waals surface area contributed by atoms with Crippen molar-refractivity contribution < 1.29 is 14.7 Å². The summed E-state index contributed by atoms with van der Waals surface area (Å²) < 4.78 is 0. The van der Waals surface area contributed by atoms with Crippen LogP contribution in [-0.2, 0) is 22.4 Å². The fraction of sp³-hybridized carbons (Fsp3) is 0.625. The summed E-state index contributed by atoms with van der Waals surface area (Å²) in [7, 11) is 0. The van der Waals surface area contributed by atoms with E-state index in [1.54, 1.807) is 0 Å². The molecule has 2 aliphatic rings. The molecule has 5 nitrogen and oxygen atoms in total. The molecule has 0 aliphatic heterocycles. The van der Waals surface area contributed by atoms with Crippen LogP contribution in [0.25, 0.3) is 0 Å². The number of carboxylic acids is 1. The van der Waals surface area contributed by atoms with Crippen molar-refractivity contribution in [1.82, 2.24) is 0 Å². The smallest absolute Gasteiger partial charge is 0.307 e. The van der Waals surface area contributed by atoms with Crippen LogP contribution in [0.1, 0.15) is 76.3 Å². The van der Waals surface area contributed by atoms with Gasteiger partial charge in [-0.3, -0.25) is 9.59 Å². The fourth-order valence-electron chi connectivity index (χ4n) is 4.78. The zero-order chi connectivity index (χ0) is 22.2. The second-order valence-electron chi connectivity index (χ2n) is 9.61. The number of rotatable bonds is 5. The molecule has 30 heavy (non-hydrogen) atoms. The SMILES string of the molecule is CCC(C)(C)[C@H]1CCc2c(sc(NC(=O)[C@@H]3CC(C)=C(C)C[C@@H]3C(=O)O)c2C#N)C1. The van der Waals surface area contributed by atoms with E-state index in [1.165, 1.54) is 16.2 Å². The first kappa shape index (κ1) is 22.6. The van der Waals surface area contributed by atoms with Crippen molar-refractivity contribution in [3.63, 3.8) is 0 Å². The van der Waals surface area contributed by atoms with E-state index in [-0.39, 0.29) is 11.3 Å². The summed E-state index contributed by atoms with van der Waals surface area (Å²) in [5.74, 6) is -1.98. The first-order valence-electron chi connectivity index (χ1n) is 10.8. The molecular formula is C24H32N2O3S. The van der Waals surface area contributed by atoms with Crippen molar-refractivity contribution in [3.8, 4) is 6.07 Å². The highest BCUT2D eigenvalue weighted by molar-refractivity contribution is 7.16. The van der Waals surface area contributed by atoms with Gasteiger partial charge in [-0.1, -0.05) is 38.3 Å². The van der Waals surface area contributed by atoms with Gasteiger partial charge in [-0.2, -0.15) is 5.26 Å². The second kappa shape index (κ2) is 8.55. The van der Waals surface area contributed by atoms with Crippen molar-refractivity contribution in [2.24, 2.45) is 23.2 Å². The van der Waals surface area contributed by atoms with Crippen LogP contribution in [0.2, 0.25) is 0 Å². The van der Waals surface area contributed by atoms with E-state index in [0.29, 0.717) is 29.3 Å². The summed E-state index contributed by atoms with van der Waals surface area (Å²) in [5, 5.41) is 23.0. The highest BCUT2D eigenvalue weighted by Crippen LogP contribution is 2.45. The molecule has 0 spiro atoms. The molecular weight excluding hydrogens is 396 g/mol. The number of nitrogens with zero attached hydrogens (tertiary/aromatic N) is 1. The van der Waals surface area contributed by atoms with Gasteiger partial charge in [-0.15, -0.1) is 11.3 Å². The third kappa shape index (κ3) is 4.18. The van der Waals surface area contributed by atoms with E-state index in [2.05, 4.69) is 32.2 Å². The number of allylic oxidation sites excluding steroid dienone is 2. The van der Waals surface area contributed by atoms with Crippen LogP contribution in [0.5, 0.6) is 0 Å². The third-order valence-corrected chi connectivity index (χ3v) is 8.72. The Morgan fingerprint density at radius 1 is 1.20 bits per heavy atom. The van der Waals surface area contributed by atoms with Gasteiger partial charge in [0.1, 0.15) is 11.1 Å². The minimum atomic E-state index is -0.933.